The number of para-hydroxylation sites is 1. The van der Waals surface area contributed by atoms with Crippen LogP contribution in [0.5, 0.6) is 5.75 Å². The Kier molecular flexibility index (Phi) is 6.03. The van der Waals surface area contributed by atoms with Gasteiger partial charge in [-0.3, -0.25) is 19.1 Å². The molecular weight excluding hydrogens is 412 g/mol. The standard InChI is InChI=1S/C22H26N6O2S/c1-5-27-17(10-11-23-27)21(29)26(12-13-28-16(4)14-15(3)25-28)22-24-20-18(30-6-2)8-7-9-19(20)31-22/h7-11,14H,5-6,12-13H2,1-4H3. The van der Waals surface area contributed by atoms with Crippen LogP contribution in [0, 0.1) is 13.8 Å². The number of benzene rings is 1. The predicted octanol–water partition coefficient (Wildman–Crippen LogP) is 4.07. The monoisotopic (exact) mass is 438 g/mol. The van der Waals surface area contributed by atoms with Crippen molar-refractivity contribution in [1.29, 1.82) is 0 Å². The fourth-order valence-corrected chi connectivity index (χ4v) is 4.59. The molecule has 0 saturated carbocycles. The first kappa shape index (κ1) is 21.0. The lowest BCUT2D eigenvalue weighted by Crippen LogP contribution is -2.35. The lowest BCUT2D eigenvalue weighted by atomic mass is 10.3. The van der Waals surface area contributed by atoms with Crippen LogP contribution in [-0.4, -0.2) is 43.6 Å². The summed E-state index contributed by atoms with van der Waals surface area (Å²) in [6, 6.07) is 9.64. The molecule has 0 aliphatic carbocycles. The highest BCUT2D eigenvalue weighted by Crippen LogP contribution is 2.34. The van der Waals surface area contributed by atoms with Gasteiger partial charge in [0.1, 0.15) is 17.0 Å². The molecule has 0 aliphatic heterocycles. The highest BCUT2D eigenvalue weighted by Gasteiger charge is 2.25. The second-order valence-corrected chi connectivity index (χ2v) is 8.18. The SMILES string of the molecule is CCOc1cccc2sc(N(CCn3nc(C)cc3C)C(=O)c3ccnn3CC)nc12. The molecule has 0 fully saturated rings. The first-order chi connectivity index (χ1) is 15.0. The molecule has 4 rings (SSSR count). The Morgan fingerprint density at radius 1 is 1.19 bits per heavy atom. The number of thiazole rings is 1. The van der Waals surface area contributed by atoms with E-state index in [9.17, 15) is 4.79 Å². The number of aryl methyl sites for hydroxylation is 3. The van der Waals surface area contributed by atoms with Gasteiger partial charge in [0.15, 0.2) is 5.13 Å². The molecule has 162 valence electrons. The van der Waals surface area contributed by atoms with E-state index in [4.69, 9.17) is 9.72 Å². The Labute approximate surface area is 185 Å². The summed E-state index contributed by atoms with van der Waals surface area (Å²) in [7, 11) is 0. The van der Waals surface area contributed by atoms with Crippen LogP contribution in [0.3, 0.4) is 0 Å². The van der Waals surface area contributed by atoms with Crippen molar-refractivity contribution in [1.82, 2.24) is 24.5 Å². The number of hydrogen-bond acceptors (Lipinski definition) is 6. The van der Waals surface area contributed by atoms with Crippen LogP contribution in [-0.2, 0) is 13.1 Å². The summed E-state index contributed by atoms with van der Waals surface area (Å²) in [5, 5.41) is 9.44. The largest absolute Gasteiger partial charge is 0.492 e. The average Bonchev–Trinajstić information content (AvgIpc) is 3.46. The minimum absolute atomic E-state index is 0.127. The van der Waals surface area contributed by atoms with Crippen molar-refractivity contribution >= 4 is 32.6 Å². The highest BCUT2D eigenvalue weighted by molar-refractivity contribution is 7.22. The number of nitrogens with zero attached hydrogens (tertiary/aromatic N) is 6. The number of rotatable bonds is 8. The van der Waals surface area contributed by atoms with E-state index in [1.807, 2.05) is 56.6 Å². The van der Waals surface area contributed by atoms with Crippen LogP contribution < -0.4 is 9.64 Å². The molecule has 0 spiro atoms. The summed E-state index contributed by atoms with van der Waals surface area (Å²) in [6.07, 6.45) is 1.65. The summed E-state index contributed by atoms with van der Waals surface area (Å²) in [4.78, 5) is 20.1. The molecular formula is C22H26N6O2S. The maximum absolute atomic E-state index is 13.6. The van der Waals surface area contributed by atoms with Gasteiger partial charge in [0, 0.05) is 25.0 Å². The van der Waals surface area contributed by atoms with Crippen molar-refractivity contribution < 1.29 is 9.53 Å². The third kappa shape index (κ3) is 4.18. The maximum atomic E-state index is 13.6. The van der Waals surface area contributed by atoms with Gasteiger partial charge in [-0.1, -0.05) is 17.4 Å². The zero-order valence-corrected chi connectivity index (χ0v) is 19.0. The van der Waals surface area contributed by atoms with E-state index in [1.54, 1.807) is 21.8 Å². The van der Waals surface area contributed by atoms with Gasteiger partial charge < -0.3 is 4.74 Å². The minimum atomic E-state index is -0.127. The summed E-state index contributed by atoms with van der Waals surface area (Å²) in [6.45, 7) is 10.1. The molecule has 0 aliphatic rings. The zero-order valence-electron chi connectivity index (χ0n) is 18.2. The Hall–Kier alpha value is -3.20. The molecule has 1 amide bonds. The highest BCUT2D eigenvalue weighted by atomic mass is 32.1. The van der Waals surface area contributed by atoms with Crippen LogP contribution in [0.15, 0.2) is 36.5 Å². The van der Waals surface area contributed by atoms with Crippen molar-refractivity contribution in [2.24, 2.45) is 0 Å². The van der Waals surface area contributed by atoms with Gasteiger partial charge in [0.25, 0.3) is 5.91 Å². The number of hydrogen-bond donors (Lipinski definition) is 0. The van der Waals surface area contributed by atoms with E-state index in [2.05, 4.69) is 10.2 Å². The molecule has 0 atom stereocenters. The van der Waals surface area contributed by atoms with Gasteiger partial charge in [-0.2, -0.15) is 10.2 Å². The number of carbonyl (C=O) groups is 1. The fourth-order valence-electron chi connectivity index (χ4n) is 3.58. The predicted molar refractivity (Wildman–Crippen MR) is 122 cm³/mol. The third-order valence-corrected chi connectivity index (χ3v) is 6.06. The molecule has 3 aromatic heterocycles. The minimum Gasteiger partial charge on any atom is -0.492 e. The molecule has 4 aromatic rings. The Bertz CT molecular complexity index is 1210. The second-order valence-electron chi connectivity index (χ2n) is 7.17. The van der Waals surface area contributed by atoms with E-state index < -0.39 is 0 Å². The topological polar surface area (TPSA) is 78.1 Å². The van der Waals surface area contributed by atoms with E-state index in [0.717, 1.165) is 27.4 Å². The molecule has 0 N–H and O–H groups in total. The van der Waals surface area contributed by atoms with Crippen molar-refractivity contribution in [3.8, 4) is 5.75 Å². The molecule has 31 heavy (non-hydrogen) atoms. The Morgan fingerprint density at radius 3 is 2.74 bits per heavy atom. The summed E-state index contributed by atoms with van der Waals surface area (Å²) in [5.74, 6) is 0.602. The van der Waals surface area contributed by atoms with Crippen molar-refractivity contribution in [3.05, 3.63) is 53.6 Å². The zero-order chi connectivity index (χ0) is 22.0. The molecule has 3 heterocycles. The number of anilines is 1. The van der Waals surface area contributed by atoms with E-state index in [1.165, 1.54) is 11.3 Å². The fraction of sp³-hybridized carbons (Fsp3) is 0.364. The first-order valence-electron chi connectivity index (χ1n) is 10.4. The van der Waals surface area contributed by atoms with E-state index in [-0.39, 0.29) is 5.91 Å². The summed E-state index contributed by atoms with van der Waals surface area (Å²) >= 11 is 1.48. The number of ether oxygens (including phenoxy) is 1. The van der Waals surface area contributed by atoms with Crippen LogP contribution >= 0.6 is 11.3 Å². The van der Waals surface area contributed by atoms with Crippen LogP contribution in [0.4, 0.5) is 5.13 Å². The second kappa shape index (κ2) is 8.89. The van der Waals surface area contributed by atoms with Crippen molar-refractivity contribution in [2.75, 3.05) is 18.1 Å². The normalized spacial score (nSPS) is 11.2. The molecule has 0 saturated heterocycles. The van der Waals surface area contributed by atoms with Crippen LogP contribution in [0.25, 0.3) is 10.2 Å². The quantitative estimate of drug-likeness (QED) is 0.414. The number of carbonyl (C=O) groups excluding carboxylic acids is 1. The molecule has 0 unspecified atom stereocenters. The number of aromatic nitrogens is 5. The third-order valence-electron chi connectivity index (χ3n) is 5.02. The van der Waals surface area contributed by atoms with Gasteiger partial charge in [0.05, 0.1) is 23.5 Å². The van der Waals surface area contributed by atoms with Gasteiger partial charge in [-0.25, -0.2) is 4.98 Å². The first-order valence-corrected chi connectivity index (χ1v) is 11.2. The van der Waals surface area contributed by atoms with E-state index in [0.29, 0.717) is 37.1 Å². The maximum Gasteiger partial charge on any atom is 0.278 e. The molecule has 1 aromatic carbocycles. The van der Waals surface area contributed by atoms with Crippen molar-refractivity contribution in [3.63, 3.8) is 0 Å². The van der Waals surface area contributed by atoms with Gasteiger partial charge in [0.2, 0.25) is 0 Å². The van der Waals surface area contributed by atoms with Gasteiger partial charge >= 0.3 is 0 Å². The summed E-state index contributed by atoms with van der Waals surface area (Å²) < 4.78 is 10.4. The lowest BCUT2D eigenvalue weighted by Gasteiger charge is -2.20. The summed E-state index contributed by atoms with van der Waals surface area (Å²) in [5.41, 5.74) is 3.34. The van der Waals surface area contributed by atoms with E-state index >= 15 is 0 Å². The number of amides is 1. The molecule has 8 nitrogen and oxygen atoms in total. The Balaban J connectivity index is 1.72. The number of fused-ring (bicyclic) bond motifs is 1. The van der Waals surface area contributed by atoms with Crippen LogP contribution in [0.2, 0.25) is 0 Å². The molecule has 0 bridgehead atoms. The molecule has 0 radical (unpaired) electrons. The van der Waals surface area contributed by atoms with Crippen molar-refractivity contribution in [2.45, 2.75) is 40.8 Å². The lowest BCUT2D eigenvalue weighted by molar-refractivity contribution is 0.0975. The smallest absolute Gasteiger partial charge is 0.278 e. The van der Waals surface area contributed by atoms with Crippen LogP contribution in [0.1, 0.15) is 35.7 Å². The van der Waals surface area contributed by atoms with Gasteiger partial charge in [-0.05, 0) is 52.0 Å². The molecule has 9 heteroatoms. The average molecular weight is 439 g/mol. The Morgan fingerprint density at radius 2 is 2.03 bits per heavy atom. The van der Waals surface area contributed by atoms with Gasteiger partial charge in [-0.15, -0.1) is 0 Å².